The summed E-state index contributed by atoms with van der Waals surface area (Å²) in [4.78, 5) is 19.6. The molecular weight excluding hydrogens is 544 g/mol. The first-order valence-corrected chi connectivity index (χ1v) is 13.7. The monoisotopic (exact) mass is 576 g/mol. The highest BCUT2D eigenvalue weighted by Crippen LogP contribution is 2.36. The Morgan fingerprint density at radius 1 is 0.744 bits per heavy atom. The van der Waals surface area contributed by atoms with Crippen LogP contribution in [0.1, 0.15) is 16.8 Å². The van der Waals surface area contributed by atoms with Gasteiger partial charge in [0.2, 0.25) is 0 Å². The van der Waals surface area contributed by atoms with E-state index in [-0.39, 0.29) is 11.4 Å². The minimum absolute atomic E-state index is 0.0154. The number of aromatic hydroxyl groups is 1. The standard InChI is InChI=1S/C34H32N4O5/c1-42-32-15-10-29(11-16-32)37(30-12-17-33(43-2)18-13-30)28-8-6-25(7-9-28)22-36(24-27-5-3-4-20-35-27)23-26-21-31(38(40)41)14-19-34(26)39/h3-21,39H,22-24H2,1-2H3. The Kier molecular flexibility index (Phi) is 9.14. The zero-order valence-corrected chi connectivity index (χ0v) is 24.0. The lowest BCUT2D eigenvalue weighted by Gasteiger charge is -2.27. The van der Waals surface area contributed by atoms with E-state index in [0.717, 1.165) is 39.8 Å². The second-order valence-corrected chi connectivity index (χ2v) is 9.93. The van der Waals surface area contributed by atoms with Crippen LogP contribution in [0, 0.1) is 10.1 Å². The molecule has 0 unspecified atom stereocenters. The molecule has 0 atom stereocenters. The molecule has 0 saturated heterocycles. The molecule has 5 rings (SSSR count). The molecule has 1 N–H and O–H groups in total. The molecule has 0 fully saturated rings. The number of phenols is 1. The van der Waals surface area contributed by atoms with Crippen LogP contribution in [0.5, 0.6) is 17.2 Å². The molecule has 1 aromatic heterocycles. The summed E-state index contributed by atoms with van der Waals surface area (Å²) in [6.45, 7) is 1.33. The van der Waals surface area contributed by atoms with Crippen molar-refractivity contribution >= 4 is 22.7 Å². The molecule has 0 aliphatic rings. The number of hydrogen-bond acceptors (Lipinski definition) is 8. The van der Waals surface area contributed by atoms with E-state index in [1.807, 2.05) is 66.7 Å². The highest BCUT2D eigenvalue weighted by Gasteiger charge is 2.17. The van der Waals surface area contributed by atoms with Crippen LogP contribution in [0.15, 0.2) is 115 Å². The van der Waals surface area contributed by atoms with Gasteiger partial charge in [-0.05, 0) is 84.4 Å². The van der Waals surface area contributed by atoms with Crippen molar-refractivity contribution in [1.29, 1.82) is 0 Å². The van der Waals surface area contributed by atoms with Crippen LogP contribution in [0.25, 0.3) is 0 Å². The maximum Gasteiger partial charge on any atom is 0.270 e. The van der Waals surface area contributed by atoms with Crippen molar-refractivity contribution in [3.8, 4) is 17.2 Å². The molecule has 0 bridgehead atoms. The summed E-state index contributed by atoms with van der Waals surface area (Å²) in [6, 6.07) is 33.8. The number of anilines is 3. The average molecular weight is 577 g/mol. The normalized spacial score (nSPS) is 10.9. The van der Waals surface area contributed by atoms with Crippen LogP contribution in [-0.4, -0.2) is 34.1 Å². The SMILES string of the molecule is COc1ccc(N(c2ccc(CN(Cc3ccccn3)Cc3cc([N+](=O)[O-])ccc3O)cc2)c2ccc(OC)cc2)cc1. The molecule has 9 heteroatoms. The summed E-state index contributed by atoms with van der Waals surface area (Å²) in [5.41, 5.74) is 5.21. The quantitative estimate of drug-likeness (QED) is 0.121. The van der Waals surface area contributed by atoms with Gasteiger partial charge in [0, 0.05) is 60.6 Å². The second kappa shape index (κ2) is 13.5. The third kappa shape index (κ3) is 7.27. The number of ether oxygens (including phenoxy) is 2. The fraction of sp³-hybridized carbons (Fsp3) is 0.147. The fourth-order valence-corrected chi connectivity index (χ4v) is 4.86. The van der Waals surface area contributed by atoms with Gasteiger partial charge in [0.15, 0.2) is 0 Å². The largest absolute Gasteiger partial charge is 0.508 e. The van der Waals surface area contributed by atoms with Crippen molar-refractivity contribution in [2.24, 2.45) is 0 Å². The minimum atomic E-state index is -0.456. The number of hydrogen-bond donors (Lipinski definition) is 1. The number of nitro groups is 1. The molecule has 4 aromatic carbocycles. The first-order chi connectivity index (χ1) is 20.9. The molecule has 9 nitrogen and oxygen atoms in total. The molecule has 0 radical (unpaired) electrons. The summed E-state index contributed by atoms with van der Waals surface area (Å²) in [7, 11) is 3.29. The van der Waals surface area contributed by atoms with Gasteiger partial charge >= 0.3 is 0 Å². The highest BCUT2D eigenvalue weighted by atomic mass is 16.6. The zero-order valence-electron chi connectivity index (χ0n) is 24.0. The van der Waals surface area contributed by atoms with Crippen molar-refractivity contribution in [2.45, 2.75) is 19.6 Å². The fourth-order valence-electron chi connectivity index (χ4n) is 4.86. The lowest BCUT2D eigenvalue weighted by molar-refractivity contribution is -0.385. The molecule has 5 aromatic rings. The molecule has 1 heterocycles. The first kappa shape index (κ1) is 29.1. The van der Waals surface area contributed by atoms with Crippen LogP contribution < -0.4 is 14.4 Å². The number of aromatic nitrogens is 1. The van der Waals surface area contributed by atoms with Gasteiger partial charge in [-0.1, -0.05) is 18.2 Å². The molecule has 0 aliphatic heterocycles. The summed E-state index contributed by atoms with van der Waals surface area (Å²) in [5, 5.41) is 21.9. The van der Waals surface area contributed by atoms with Crippen molar-refractivity contribution in [3.63, 3.8) is 0 Å². The maximum atomic E-state index is 11.4. The third-order valence-corrected chi connectivity index (χ3v) is 7.04. The molecule has 0 aliphatic carbocycles. The number of methoxy groups -OCH3 is 2. The smallest absolute Gasteiger partial charge is 0.270 e. The van der Waals surface area contributed by atoms with Gasteiger partial charge < -0.3 is 19.5 Å². The van der Waals surface area contributed by atoms with E-state index in [9.17, 15) is 15.2 Å². The number of phenolic OH excluding ortho intramolecular Hbond substituents is 1. The molecule has 0 spiro atoms. The number of nitrogens with zero attached hydrogens (tertiary/aromatic N) is 4. The van der Waals surface area contributed by atoms with E-state index in [1.54, 1.807) is 20.4 Å². The van der Waals surface area contributed by atoms with Crippen LogP contribution in [0.4, 0.5) is 22.7 Å². The predicted molar refractivity (Wildman–Crippen MR) is 166 cm³/mol. The molecule has 0 amide bonds. The van der Waals surface area contributed by atoms with Crippen LogP contribution in [0.3, 0.4) is 0 Å². The molecule has 218 valence electrons. The Labute approximate surface area is 250 Å². The Morgan fingerprint density at radius 3 is 1.84 bits per heavy atom. The van der Waals surface area contributed by atoms with E-state index >= 15 is 0 Å². The third-order valence-electron chi connectivity index (χ3n) is 7.04. The van der Waals surface area contributed by atoms with E-state index < -0.39 is 4.92 Å². The van der Waals surface area contributed by atoms with E-state index in [2.05, 4.69) is 39.0 Å². The summed E-state index contributed by atoms with van der Waals surface area (Å²) < 4.78 is 10.7. The zero-order chi connectivity index (χ0) is 30.2. The molecule has 43 heavy (non-hydrogen) atoms. The predicted octanol–water partition coefficient (Wildman–Crippen LogP) is 7.38. The van der Waals surface area contributed by atoms with Gasteiger partial charge in [-0.25, -0.2) is 0 Å². The van der Waals surface area contributed by atoms with E-state index in [1.165, 1.54) is 18.2 Å². The van der Waals surface area contributed by atoms with E-state index in [0.29, 0.717) is 25.2 Å². The Balaban J connectivity index is 1.43. The summed E-state index contributed by atoms with van der Waals surface area (Å²) in [5.74, 6) is 1.56. The van der Waals surface area contributed by atoms with Crippen LogP contribution in [0.2, 0.25) is 0 Å². The Bertz CT molecular complexity index is 1600. The Hall–Kier alpha value is -5.41. The first-order valence-electron chi connectivity index (χ1n) is 13.7. The lowest BCUT2D eigenvalue weighted by Crippen LogP contribution is -2.23. The summed E-state index contributed by atoms with van der Waals surface area (Å²) in [6.07, 6.45) is 1.74. The van der Waals surface area contributed by atoms with Crippen molar-refractivity contribution < 1.29 is 19.5 Å². The number of benzene rings is 4. The van der Waals surface area contributed by atoms with Gasteiger partial charge in [0.25, 0.3) is 5.69 Å². The number of nitro benzene ring substituents is 1. The van der Waals surface area contributed by atoms with Gasteiger partial charge in [-0.2, -0.15) is 0 Å². The van der Waals surface area contributed by atoms with Crippen LogP contribution >= 0.6 is 0 Å². The van der Waals surface area contributed by atoms with Gasteiger partial charge in [-0.15, -0.1) is 0 Å². The minimum Gasteiger partial charge on any atom is -0.508 e. The van der Waals surface area contributed by atoms with E-state index in [4.69, 9.17) is 9.47 Å². The number of rotatable bonds is 12. The maximum absolute atomic E-state index is 11.4. The van der Waals surface area contributed by atoms with Crippen molar-refractivity contribution in [2.75, 3.05) is 19.1 Å². The van der Waals surface area contributed by atoms with Gasteiger partial charge in [0.05, 0.1) is 24.8 Å². The van der Waals surface area contributed by atoms with Crippen LogP contribution in [-0.2, 0) is 19.6 Å². The number of non-ortho nitro benzene ring substituents is 1. The van der Waals surface area contributed by atoms with Gasteiger partial charge in [-0.3, -0.25) is 20.0 Å². The van der Waals surface area contributed by atoms with Gasteiger partial charge in [0.1, 0.15) is 17.2 Å². The summed E-state index contributed by atoms with van der Waals surface area (Å²) >= 11 is 0. The molecule has 0 saturated carbocycles. The average Bonchev–Trinajstić information content (AvgIpc) is 3.04. The topological polar surface area (TPSA) is 101 Å². The Morgan fingerprint density at radius 2 is 1.33 bits per heavy atom. The van der Waals surface area contributed by atoms with Crippen molar-refractivity contribution in [3.05, 3.63) is 142 Å². The molecular formula is C34H32N4O5. The number of pyridine rings is 1. The van der Waals surface area contributed by atoms with Crippen molar-refractivity contribution in [1.82, 2.24) is 9.88 Å². The second-order valence-electron chi connectivity index (χ2n) is 9.93. The lowest BCUT2D eigenvalue weighted by atomic mass is 10.1. The highest BCUT2D eigenvalue weighted by molar-refractivity contribution is 5.77.